The van der Waals surface area contributed by atoms with E-state index in [-0.39, 0.29) is 25.0 Å². The molecule has 0 radical (unpaired) electrons. The van der Waals surface area contributed by atoms with E-state index >= 15 is 0 Å². The minimum absolute atomic E-state index is 0.0875. The molecule has 0 N–H and O–H groups in total. The Morgan fingerprint density at radius 3 is 2.33 bits per heavy atom. The fourth-order valence-electron chi connectivity index (χ4n) is 3.01. The van der Waals surface area contributed by atoms with Crippen LogP contribution in [0, 0.1) is 11.6 Å². The molecule has 10 heteroatoms. The molecule has 2 heterocycles. The summed E-state index contributed by atoms with van der Waals surface area (Å²) in [6.07, 6.45) is -4.01. The third-order valence-corrected chi connectivity index (χ3v) is 4.54. The number of ether oxygens (including phenoxy) is 2. The lowest BCUT2D eigenvalue weighted by Crippen LogP contribution is -2.36. The average Bonchev–Trinajstić information content (AvgIpc) is 3.29. The second-order valence-corrected chi connectivity index (χ2v) is 6.50. The maximum absolute atomic E-state index is 13.9. The molecule has 2 aromatic carbocycles. The second-order valence-electron chi connectivity index (χ2n) is 6.50. The van der Waals surface area contributed by atoms with Crippen LogP contribution in [0.1, 0.15) is 16.7 Å². The van der Waals surface area contributed by atoms with E-state index < -0.39 is 41.0 Å². The van der Waals surface area contributed by atoms with Gasteiger partial charge in [-0.25, -0.2) is 13.8 Å². The molecule has 2 aliphatic rings. The Labute approximate surface area is 167 Å². The van der Waals surface area contributed by atoms with Crippen LogP contribution in [-0.4, -0.2) is 36.2 Å². The predicted octanol–water partition coefficient (Wildman–Crippen LogP) is 3.94. The van der Waals surface area contributed by atoms with E-state index in [1.807, 2.05) is 0 Å². The molecule has 4 rings (SSSR count). The van der Waals surface area contributed by atoms with Gasteiger partial charge in [-0.15, -0.1) is 0 Å². The summed E-state index contributed by atoms with van der Waals surface area (Å²) < 4.78 is 76.3. The maximum atomic E-state index is 13.9. The van der Waals surface area contributed by atoms with Crippen molar-refractivity contribution < 1.29 is 36.2 Å². The minimum Gasteiger partial charge on any atom is -0.473 e. The van der Waals surface area contributed by atoms with Crippen molar-refractivity contribution in [3.8, 4) is 0 Å². The number of benzene rings is 2. The van der Waals surface area contributed by atoms with Crippen molar-refractivity contribution >= 4 is 17.9 Å². The summed E-state index contributed by atoms with van der Waals surface area (Å²) in [5.41, 5.74) is -0.892. The zero-order valence-corrected chi connectivity index (χ0v) is 15.1. The largest absolute Gasteiger partial charge is 0.473 e. The standard InChI is InChI=1S/C20H13F5N2O3/c21-13-2-1-3-14(22)17(13)18-26-16(9-29-18)27-10-30-15(19(27)28)8-11-4-6-12(7-5-11)20(23,24)25/h1-8,16H,9-10H2/b15-8-. The van der Waals surface area contributed by atoms with Crippen LogP contribution >= 0.6 is 0 Å². The third kappa shape index (κ3) is 3.72. The van der Waals surface area contributed by atoms with Crippen molar-refractivity contribution in [3.63, 3.8) is 0 Å². The van der Waals surface area contributed by atoms with Crippen molar-refractivity contribution in [2.75, 3.05) is 13.3 Å². The molecule has 0 saturated carbocycles. The molecular weight excluding hydrogens is 411 g/mol. The fourth-order valence-corrected chi connectivity index (χ4v) is 3.01. The first kappa shape index (κ1) is 19.9. The number of halogens is 5. The Morgan fingerprint density at radius 1 is 1.03 bits per heavy atom. The molecule has 30 heavy (non-hydrogen) atoms. The lowest BCUT2D eigenvalue weighted by molar-refractivity contribution is -0.137. The van der Waals surface area contributed by atoms with E-state index in [9.17, 15) is 26.7 Å². The van der Waals surface area contributed by atoms with E-state index in [0.29, 0.717) is 5.56 Å². The van der Waals surface area contributed by atoms with E-state index in [1.165, 1.54) is 29.2 Å². The predicted molar refractivity (Wildman–Crippen MR) is 94.9 cm³/mol. The van der Waals surface area contributed by atoms with Gasteiger partial charge in [0.05, 0.1) is 5.56 Å². The Morgan fingerprint density at radius 2 is 1.70 bits per heavy atom. The molecule has 1 atom stereocenters. The van der Waals surface area contributed by atoms with Crippen molar-refractivity contribution in [2.45, 2.75) is 12.3 Å². The molecule has 1 saturated heterocycles. The zero-order valence-electron chi connectivity index (χ0n) is 15.1. The average molecular weight is 424 g/mol. The first-order valence-corrected chi connectivity index (χ1v) is 8.72. The molecule has 0 aromatic heterocycles. The Hall–Kier alpha value is -3.43. The zero-order chi connectivity index (χ0) is 21.5. The highest BCUT2D eigenvalue weighted by atomic mass is 19.4. The number of hydrogen-bond donors (Lipinski definition) is 0. The molecule has 1 fully saturated rings. The van der Waals surface area contributed by atoms with Gasteiger partial charge in [-0.1, -0.05) is 18.2 Å². The molecule has 156 valence electrons. The van der Waals surface area contributed by atoms with Crippen molar-refractivity contribution in [1.82, 2.24) is 4.90 Å². The first-order valence-electron chi connectivity index (χ1n) is 8.72. The van der Waals surface area contributed by atoms with E-state index in [1.54, 1.807) is 0 Å². The van der Waals surface area contributed by atoms with Gasteiger partial charge in [-0.3, -0.25) is 9.69 Å². The summed E-state index contributed by atoms with van der Waals surface area (Å²) in [6, 6.07) is 7.55. The van der Waals surface area contributed by atoms with Crippen LogP contribution in [-0.2, 0) is 20.4 Å². The number of amides is 1. The number of aliphatic imine (C=N–C) groups is 1. The van der Waals surface area contributed by atoms with Crippen LogP contribution in [0.15, 0.2) is 53.2 Å². The van der Waals surface area contributed by atoms with Gasteiger partial charge >= 0.3 is 6.18 Å². The SMILES string of the molecule is O=C1/C(=C/c2ccc(C(F)(F)F)cc2)OCN1C1COC(c2c(F)cccc2F)=N1. The number of rotatable bonds is 3. The van der Waals surface area contributed by atoms with Crippen LogP contribution in [0.3, 0.4) is 0 Å². The maximum Gasteiger partial charge on any atom is 0.416 e. The summed E-state index contributed by atoms with van der Waals surface area (Å²) in [6.45, 7) is -0.304. The monoisotopic (exact) mass is 424 g/mol. The van der Waals surface area contributed by atoms with Gasteiger partial charge in [0.25, 0.3) is 5.91 Å². The highest BCUT2D eigenvalue weighted by Crippen LogP contribution is 2.30. The molecular formula is C20H13F5N2O3. The van der Waals surface area contributed by atoms with Gasteiger partial charge in [0.1, 0.15) is 23.8 Å². The van der Waals surface area contributed by atoms with Crippen molar-refractivity contribution in [3.05, 3.63) is 76.5 Å². The van der Waals surface area contributed by atoms with Crippen LogP contribution in [0.5, 0.6) is 0 Å². The van der Waals surface area contributed by atoms with Crippen molar-refractivity contribution in [1.29, 1.82) is 0 Å². The van der Waals surface area contributed by atoms with Gasteiger partial charge in [0, 0.05) is 0 Å². The minimum atomic E-state index is -4.46. The summed E-state index contributed by atoms with van der Waals surface area (Å²) in [5, 5.41) is 0. The lowest BCUT2D eigenvalue weighted by Gasteiger charge is -2.15. The fraction of sp³-hybridized carbons (Fsp3) is 0.200. The highest BCUT2D eigenvalue weighted by Gasteiger charge is 2.37. The van der Waals surface area contributed by atoms with Gasteiger partial charge in [0.2, 0.25) is 5.90 Å². The second kappa shape index (κ2) is 7.43. The first-order chi connectivity index (χ1) is 14.2. The Balaban J connectivity index is 1.51. The summed E-state index contributed by atoms with van der Waals surface area (Å²) in [4.78, 5) is 17.9. The molecule has 2 aromatic rings. The van der Waals surface area contributed by atoms with Crippen LogP contribution in [0.4, 0.5) is 22.0 Å². The number of nitrogens with zero attached hydrogens (tertiary/aromatic N) is 2. The summed E-state index contributed by atoms with van der Waals surface area (Å²) in [7, 11) is 0. The molecule has 0 aliphatic carbocycles. The molecule has 1 amide bonds. The van der Waals surface area contributed by atoms with Crippen LogP contribution in [0.2, 0.25) is 0 Å². The normalized spacial score (nSPS) is 20.4. The smallest absolute Gasteiger partial charge is 0.416 e. The van der Waals surface area contributed by atoms with Gasteiger partial charge in [-0.2, -0.15) is 13.2 Å². The molecule has 0 spiro atoms. The topological polar surface area (TPSA) is 51.1 Å². The molecule has 5 nitrogen and oxygen atoms in total. The summed E-state index contributed by atoms with van der Waals surface area (Å²) in [5.74, 6) is -2.61. The van der Waals surface area contributed by atoms with Crippen molar-refractivity contribution in [2.24, 2.45) is 4.99 Å². The van der Waals surface area contributed by atoms with E-state index in [4.69, 9.17) is 9.47 Å². The van der Waals surface area contributed by atoms with Crippen LogP contribution < -0.4 is 0 Å². The van der Waals surface area contributed by atoms with Gasteiger partial charge in [0.15, 0.2) is 18.7 Å². The number of carbonyl (C=O) groups is 1. The van der Waals surface area contributed by atoms with Crippen LogP contribution in [0.25, 0.3) is 6.08 Å². The molecule has 2 aliphatic heterocycles. The number of carbonyl (C=O) groups excluding carboxylic acids is 1. The summed E-state index contributed by atoms with van der Waals surface area (Å²) >= 11 is 0. The van der Waals surface area contributed by atoms with E-state index in [2.05, 4.69) is 4.99 Å². The number of hydrogen-bond acceptors (Lipinski definition) is 4. The quantitative estimate of drug-likeness (QED) is 0.554. The molecule has 1 unspecified atom stereocenters. The Bertz CT molecular complexity index is 1030. The lowest BCUT2D eigenvalue weighted by atomic mass is 10.1. The van der Waals surface area contributed by atoms with E-state index in [0.717, 1.165) is 24.3 Å². The highest BCUT2D eigenvalue weighted by molar-refractivity contribution is 5.99. The molecule has 0 bridgehead atoms. The van der Waals surface area contributed by atoms with Gasteiger partial charge in [-0.05, 0) is 35.9 Å². The third-order valence-electron chi connectivity index (χ3n) is 4.54. The Kier molecular flexibility index (Phi) is 4.92. The van der Waals surface area contributed by atoms with Gasteiger partial charge < -0.3 is 9.47 Å². The number of alkyl halides is 3.